The molecule has 9 aromatic rings. The van der Waals surface area contributed by atoms with Gasteiger partial charge in [0, 0.05) is 89.2 Å². The Morgan fingerprint density at radius 2 is 0.622 bits per heavy atom. The van der Waals surface area contributed by atoms with Gasteiger partial charge < -0.3 is 56.7 Å². The maximum Gasteiger partial charge on any atom is 0.209 e. The van der Waals surface area contributed by atoms with Crippen molar-refractivity contribution >= 4 is 46.1 Å². The summed E-state index contributed by atoms with van der Waals surface area (Å²) in [5.74, 6) is 4.35. The predicted molar refractivity (Wildman–Crippen MR) is 449 cm³/mol. The lowest BCUT2D eigenvalue weighted by Gasteiger charge is -2.23. The molecular weight excluding hydrogens is 1450 g/mol. The molecule has 8 heterocycles. The Morgan fingerprint density at radius 1 is 0.369 bits per heavy atom. The third-order valence-electron chi connectivity index (χ3n) is 21.6. The first kappa shape index (κ1) is 87.4. The van der Waals surface area contributed by atoms with Crippen LogP contribution in [0.1, 0.15) is 233 Å². The van der Waals surface area contributed by atoms with Crippen molar-refractivity contribution in [2.24, 2.45) is 0 Å². The summed E-state index contributed by atoms with van der Waals surface area (Å²) in [4.78, 5) is 7.00. The molecule has 2 aliphatic heterocycles. The van der Waals surface area contributed by atoms with Gasteiger partial charge in [0.25, 0.3) is 0 Å². The molecular formula is C90H128N6O12S3. The molecule has 11 rings (SSSR count). The second kappa shape index (κ2) is 39.5. The highest BCUT2D eigenvalue weighted by Gasteiger charge is 2.34. The van der Waals surface area contributed by atoms with Crippen LogP contribution >= 0.6 is 0 Å². The number of likely N-dealkylation sites (tertiary alicyclic amines) is 1. The molecule has 3 aromatic carbocycles. The lowest BCUT2D eigenvalue weighted by molar-refractivity contribution is 0.225. The van der Waals surface area contributed by atoms with Gasteiger partial charge in [0.05, 0.1) is 72.4 Å². The van der Waals surface area contributed by atoms with Crippen molar-refractivity contribution in [1.29, 1.82) is 0 Å². The topological polar surface area (TPSA) is 190 Å². The first-order valence-corrected chi connectivity index (χ1v) is 45.0. The van der Waals surface area contributed by atoms with E-state index in [-0.39, 0.29) is 38.0 Å². The largest absolute Gasteiger partial charge is 0.496 e. The van der Waals surface area contributed by atoms with Crippen LogP contribution in [0.4, 0.5) is 0 Å². The number of hydrogen-bond acceptors (Lipinski definition) is 15. The monoisotopic (exact) mass is 1580 g/mol. The molecule has 0 bridgehead atoms. The van der Waals surface area contributed by atoms with Gasteiger partial charge in [-0.1, -0.05) is 99.3 Å². The van der Waals surface area contributed by atoms with E-state index >= 15 is 0 Å². The van der Waals surface area contributed by atoms with Gasteiger partial charge in [-0.05, 0) is 247 Å². The molecule has 6 aromatic heterocycles. The Hall–Kier alpha value is -7.53. The van der Waals surface area contributed by atoms with Crippen molar-refractivity contribution in [2.75, 3.05) is 87.0 Å². The van der Waals surface area contributed by atoms with Crippen LogP contribution < -0.4 is 33.7 Å². The van der Waals surface area contributed by atoms with Crippen LogP contribution in [0.3, 0.4) is 0 Å². The number of aryl methyl sites for hydroxylation is 6. The number of nitrogens with zero attached hydrogens (tertiary/aromatic N) is 5. The average Bonchev–Trinajstić information content (AvgIpc) is 1.61. The molecule has 2 aliphatic rings. The highest BCUT2D eigenvalue weighted by atomic mass is 32.2. The van der Waals surface area contributed by atoms with E-state index < -0.39 is 29.5 Å². The molecule has 0 radical (unpaired) electrons. The number of fused-ring (bicyclic) bond motifs is 3. The smallest absolute Gasteiger partial charge is 0.209 e. The van der Waals surface area contributed by atoms with Gasteiger partial charge in [-0.25, -0.2) is 25.3 Å². The van der Waals surface area contributed by atoms with Crippen LogP contribution in [0, 0.1) is 41.5 Å². The first-order valence-electron chi connectivity index (χ1n) is 40.5. The Bertz CT molecular complexity index is 4880. The van der Waals surface area contributed by atoms with E-state index in [4.69, 9.17) is 28.4 Å². The lowest BCUT2D eigenvalue weighted by atomic mass is 10.1. The highest BCUT2D eigenvalue weighted by molar-refractivity contribution is 7.92. The molecule has 1 N–H and O–H groups in total. The van der Waals surface area contributed by atoms with Gasteiger partial charge in [0.1, 0.15) is 49.2 Å². The molecule has 2 fully saturated rings. The Kier molecular flexibility index (Phi) is 31.1. The number of benzene rings is 3. The second-order valence-electron chi connectivity index (χ2n) is 32.4. The molecule has 2 saturated heterocycles. The van der Waals surface area contributed by atoms with Gasteiger partial charge >= 0.3 is 0 Å². The molecule has 0 aliphatic carbocycles. The summed E-state index contributed by atoms with van der Waals surface area (Å²) < 4.78 is 124. The van der Waals surface area contributed by atoms with E-state index in [9.17, 15) is 25.3 Å². The summed E-state index contributed by atoms with van der Waals surface area (Å²) in [6.07, 6.45) is 31.9. The van der Waals surface area contributed by atoms with E-state index in [2.05, 4.69) is 35.9 Å². The van der Waals surface area contributed by atoms with Crippen molar-refractivity contribution in [1.82, 2.24) is 28.3 Å². The Balaban J connectivity index is 0.000000192. The second-order valence-corrected chi connectivity index (χ2v) is 38.0. The van der Waals surface area contributed by atoms with Crippen molar-refractivity contribution in [2.45, 2.75) is 259 Å². The molecule has 21 heteroatoms. The summed E-state index contributed by atoms with van der Waals surface area (Å²) in [7, 11) is -6.42. The third kappa shape index (κ3) is 21.7. The van der Waals surface area contributed by atoms with Gasteiger partial charge in [0.15, 0.2) is 0 Å². The number of hydrogen-bond donors (Lipinski definition) is 1. The van der Waals surface area contributed by atoms with Gasteiger partial charge in [-0.15, -0.1) is 0 Å². The first-order chi connectivity index (χ1) is 52.8. The molecule has 608 valence electrons. The van der Waals surface area contributed by atoms with E-state index in [0.29, 0.717) is 74.1 Å². The zero-order valence-electron chi connectivity index (χ0n) is 69.9. The number of ether oxygens (including phenoxy) is 6. The average molecular weight is 1580 g/mol. The zero-order chi connectivity index (χ0) is 80.5. The molecule has 0 atom stereocenters. The number of rotatable bonds is 27. The fourth-order valence-corrected chi connectivity index (χ4v) is 21.3. The summed E-state index contributed by atoms with van der Waals surface area (Å²) in [5.41, 5.74) is 9.87. The third-order valence-corrected chi connectivity index (χ3v) is 27.1. The zero-order valence-corrected chi connectivity index (χ0v) is 72.3. The molecule has 111 heavy (non-hydrogen) atoms. The van der Waals surface area contributed by atoms with E-state index in [1.54, 1.807) is 94.1 Å². The van der Waals surface area contributed by atoms with Crippen molar-refractivity contribution in [3.63, 3.8) is 0 Å². The number of nitrogens with one attached hydrogen (secondary N) is 1. The molecule has 0 unspecified atom stereocenters. The van der Waals surface area contributed by atoms with E-state index in [1.165, 1.54) is 110 Å². The van der Waals surface area contributed by atoms with Crippen LogP contribution in [0.2, 0.25) is 0 Å². The quantitative estimate of drug-likeness (QED) is 0.0478. The van der Waals surface area contributed by atoms with Gasteiger partial charge in [-0.3, -0.25) is 0 Å². The molecule has 18 nitrogen and oxygen atoms in total. The normalized spacial score (nSPS) is 14.9. The Morgan fingerprint density at radius 3 is 0.865 bits per heavy atom. The standard InChI is InChI=1S/C34H50N2O4S.C29H40N2O4S.C27H38N2O4S/c1-26(2)31-25-36-24-27(3)33(39-5)28(4)32(36)34(31)41(37,38)30-18-16-29(17-19-30)40-23-15-22-35-20-13-11-9-7-6-8-10-12-14-21-35;1-21(2)26-20-31-19-22(3)28(34-5)23(4)27(31)29(26)36(32,33)25-13-11-24(12-14-25)35-18-10-17-30-15-8-6-7-9-16-30;1-18(2)23-17-29-16-19(3)25(32-8)20(4)24(29)26(23)34(30,31)22-12-10-21(11-13-22)33-15-9-14-28-27(5,6)7/h16-19,24-26H,6-15,20-23H2,1-5H3;11-14,19-21H,6-10,15-18H2,1-5H3;10-13,16-18,28H,9,14-15H2,1-8H3. The van der Waals surface area contributed by atoms with Crippen LogP contribution in [0.25, 0.3) is 16.6 Å². The Labute approximate surface area is 664 Å². The maximum absolute atomic E-state index is 14.1. The number of pyridine rings is 3. The summed E-state index contributed by atoms with van der Waals surface area (Å²) in [6.45, 7) is 39.7. The van der Waals surface area contributed by atoms with E-state index in [0.717, 1.165) is 100 Å². The van der Waals surface area contributed by atoms with Gasteiger partial charge in [-0.2, -0.15) is 0 Å². The van der Waals surface area contributed by atoms with Crippen LogP contribution in [0.5, 0.6) is 34.5 Å². The maximum atomic E-state index is 14.1. The summed E-state index contributed by atoms with van der Waals surface area (Å²) >= 11 is 0. The number of sulfone groups is 3. The van der Waals surface area contributed by atoms with E-state index in [1.807, 2.05) is 133 Å². The number of aromatic nitrogens is 3. The molecule has 0 saturated carbocycles. The SMILES string of the molecule is COc1c(C)cn2cc(C(C)C)c(S(=O)(=O)c3ccc(OCCCN4CCCCCC4)cc3)c2c1C.COc1c(C)cn2cc(C(C)C)c(S(=O)(=O)c3ccc(OCCCN4CCCCCCCCCCC4)cc3)c2c1C.COc1c(C)cn2cc(C(C)C)c(S(=O)(=O)c3ccc(OCCCNC(C)(C)C)cc3)c2c1C. The summed E-state index contributed by atoms with van der Waals surface area (Å²) in [5, 5.41) is 3.43. The fraction of sp³-hybridized carbons (Fsp3) is 0.533. The molecule has 0 spiro atoms. The van der Waals surface area contributed by atoms with Crippen molar-refractivity contribution in [3.8, 4) is 34.5 Å². The number of methoxy groups -OCH3 is 3. The lowest BCUT2D eigenvalue weighted by Crippen LogP contribution is -2.36. The predicted octanol–water partition coefficient (Wildman–Crippen LogP) is 20.0. The fourth-order valence-electron chi connectivity index (χ4n) is 15.8. The minimum Gasteiger partial charge on any atom is -0.496 e. The minimum atomic E-state index is -3.77. The van der Waals surface area contributed by atoms with Crippen LogP contribution in [0.15, 0.2) is 139 Å². The van der Waals surface area contributed by atoms with Crippen LogP contribution in [-0.2, 0) is 29.5 Å². The van der Waals surface area contributed by atoms with Gasteiger partial charge in [0.2, 0.25) is 29.5 Å². The minimum absolute atomic E-state index is 0.0414. The van der Waals surface area contributed by atoms with Crippen molar-refractivity contribution in [3.05, 3.63) is 160 Å². The highest BCUT2D eigenvalue weighted by Crippen LogP contribution is 2.43. The van der Waals surface area contributed by atoms with Crippen LogP contribution in [-0.4, -0.2) is 141 Å². The molecule has 0 amide bonds. The summed E-state index contributed by atoms with van der Waals surface area (Å²) in [6, 6.07) is 20.5. The van der Waals surface area contributed by atoms with Crippen molar-refractivity contribution < 1.29 is 53.7 Å².